The summed E-state index contributed by atoms with van der Waals surface area (Å²) in [5, 5.41) is 12.9. The molecule has 9 heteroatoms. The highest BCUT2D eigenvalue weighted by Crippen LogP contribution is 2.26. The second kappa shape index (κ2) is 7.36. The number of benzene rings is 1. The molecule has 3 rings (SSSR count). The van der Waals surface area contributed by atoms with Gasteiger partial charge in [0, 0.05) is 26.2 Å². The number of esters is 1. The Labute approximate surface area is 152 Å². The van der Waals surface area contributed by atoms with Gasteiger partial charge in [-0.1, -0.05) is 6.07 Å². The molecule has 0 N–H and O–H groups in total. The van der Waals surface area contributed by atoms with Crippen LogP contribution in [0.25, 0.3) is 10.8 Å². The minimum Gasteiger partial charge on any atom is -0.455 e. The van der Waals surface area contributed by atoms with E-state index >= 15 is 0 Å². The van der Waals surface area contributed by atoms with Gasteiger partial charge in [0.25, 0.3) is 5.69 Å². The quantitative estimate of drug-likeness (QED) is 0.369. The Morgan fingerprint density at radius 3 is 2.85 bits per heavy atom. The Bertz CT molecular complexity index is 934. The number of anilines is 1. The summed E-state index contributed by atoms with van der Waals surface area (Å²) in [5.74, 6) is -0.214. The van der Waals surface area contributed by atoms with Crippen molar-refractivity contribution in [1.82, 2.24) is 4.98 Å². The van der Waals surface area contributed by atoms with Crippen LogP contribution in [0.2, 0.25) is 0 Å². The first kappa shape index (κ1) is 17.6. The Kier molecular flexibility index (Phi) is 4.99. The van der Waals surface area contributed by atoms with Crippen LogP contribution < -0.4 is 4.90 Å². The molecule has 0 saturated heterocycles. The van der Waals surface area contributed by atoms with Gasteiger partial charge in [0.1, 0.15) is 18.6 Å². The van der Waals surface area contributed by atoms with Crippen molar-refractivity contribution in [3.8, 4) is 10.8 Å². The zero-order chi connectivity index (χ0) is 18.7. The lowest BCUT2D eigenvalue weighted by atomic mass is 10.1. The fraction of sp³-hybridized carbons (Fsp3) is 0.176. The highest BCUT2D eigenvalue weighted by atomic mass is 32.1. The normalized spacial score (nSPS) is 10.5. The predicted octanol–water partition coefficient (Wildman–Crippen LogP) is 3.73. The first-order valence-corrected chi connectivity index (χ1v) is 8.45. The average Bonchev–Trinajstić information content (AvgIpc) is 3.30. The fourth-order valence-electron chi connectivity index (χ4n) is 2.29. The Morgan fingerprint density at radius 1 is 1.38 bits per heavy atom. The van der Waals surface area contributed by atoms with E-state index in [2.05, 4.69) is 4.98 Å². The molecule has 0 amide bonds. The maximum Gasteiger partial charge on any atom is 0.340 e. The Morgan fingerprint density at radius 2 is 2.19 bits per heavy atom. The van der Waals surface area contributed by atoms with Crippen LogP contribution in [0, 0.1) is 10.1 Å². The summed E-state index contributed by atoms with van der Waals surface area (Å²) in [6.45, 7) is -0.0940. The smallest absolute Gasteiger partial charge is 0.340 e. The van der Waals surface area contributed by atoms with Crippen LogP contribution in [0.1, 0.15) is 16.1 Å². The summed E-state index contributed by atoms with van der Waals surface area (Å²) >= 11 is 1.49. The van der Waals surface area contributed by atoms with Crippen LogP contribution in [-0.4, -0.2) is 30.0 Å². The number of nitro benzene ring substituents is 1. The fourth-order valence-corrected chi connectivity index (χ4v) is 2.95. The predicted molar refractivity (Wildman–Crippen MR) is 96.4 cm³/mol. The van der Waals surface area contributed by atoms with Crippen molar-refractivity contribution in [2.24, 2.45) is 0 Å². The number of aromatic nitrogens is 1. The van der Waals surface area contributed by atoms with Crippen LogP contribution >= 0.6 is 11.3 Å². The monoisotopic (exact) mass is 373 g/mol. The molecule has 134 valence electrons. The molecule has 0 bridgehead atoms. The lowest BCUT2D eigenvalue weighted by molar-refractivity contribution is -0.384. The molecule has 0 aliphatic heterocycles. The van der Waals surface area contributed by atoms with Crippen molar-refractivity contribution in [2.45, 2.75) is 6.61 Å². The number of hydrogen-bond acceptors (Lipinski definition) is 8. The number of thiophene rings is 1. The minimum atomic E-state index is -0.668. The standard InChI is InChI=1S/C17H15N3O5S/c1-19(2)14-6-5-12(20(22)23)8-13(14)17(21)25-10-11-9-24-16(18-11)15-4-3-7-26-15/h3-9H,10H2,1-2H3. The first-order chi connectivity index (χ1) is 12.5. The van der Waals surface area contributed by atoms with E-state index in [1.54, 1.807) is 19.0 Å². The van der Waals surface area contributed by atoms with Gasteiger partial charge in [-0.3, -0.25) is 10.1 Å². The highest BCUT2D eigenvalue weighted by Gasteiger charge is 2.20. The zero-order valence-electron chi connectivity index (χ0n) is 14.0. The summed E-state index contributed by atoms with van der Waals surface area (Å²) in [4.78, 5) is 29.7. The molecule has 26 heavy (non-hydrogen) atoms. The summed E-state index contributed by atoms with van der Waals surface area (Å²) in [6, 6.07) is 7.82. The van der Waals surface area contributed by atoms with E-state index in [1.807, 2.05) is 17.5 Å². The summed E-state index contributed by atoms with van der Waals surface area (Å²) < 4.78 is 10.6. The molecule has 0 radical (unpaired) electrons. The average molecular weight is 373 g/mol. The van der Waals surface area contributed by atoms with Gasteiger partial charge >= 0.3 is 5.97 Å². The SMILES string of the molecule is CN(C)c1ccc([N+](=O)[O-])cc1C(=O)OCc1coc(-c2cccs2)n1. The molecule has 1 aromatic carbocycles. The van der Waals surface area contributed by atoms with Crippen molar-refractivity contribution < 1.29 is 18.9 Å². The van der Waals surface area contributed by atoms with Crippen LogP contribution in [0.15, 0.2) is 46.4 Å². The van der Waals surface area contributed by atoms with Gasteiger partial charge in [-0.2, -0.15) is 0 Å². The number of ether oxygens (including phenoxy) is 1. The van der Waals surface area contributed by atoms with Crippen LogP contribution in [0.5, 0.6) is 0 Å². The number of rotatable bonds is 6. The molecule has 3 aromatic rings. The molecule has 0 aliphatic carbocycles. The maximum atomic E-state index is 12.4. The molecule has 0 atom stereocenters. The summed E-state index contributed by atoms with van der Waals surface area (Å²) in [7, 11) is 3.48. The van der Waals surface area contributed by atoms with Gasteiger partial charge in [0.15, 0.2) is 0 Å². The molecule has 0 fully saturated rings. The van der Waals surface area contributed by atoms with Gasteiger partial charge in [0.2, 0.25) is 5.89 Å². The summed E-state index contributed by atoms with van der Waals surface area (Å²) in [5.41, 5.74) is 0.925. The van der Waals surface area contributed by atoms with Gasteiger partial charge in [0.05, 0.1) is 21.1 Å². The molecule has 0 saturated carbocycles. The number of non-ortho nitro benzene ring substituents is 1. The topological polar surface area (TPSA) is 98.7 Å². The Balaban J connectivity index is 1.75. The minimum absolute atomic E-state index is 0.0940. The van der Waals surface area contributed by atoms with E-state index in [0.29, 0.717) is 17.3 Å². The van der Waals surface area contributed by atoms with Crippen molar-refractivity contribution in [2.75, 3.05) is 19.0 Å². The molecule has 2 aromatic heterocycles. The lowest BCUT2D eigenvalue weighted by Crippen LogP contribution is -2.16. The van der Waals surface area contributed by atoms with Gasteiger partial charge in [-0.25, -0.2) is 9.78 Å². The number of oxazole rings is 1. The van der Waals surface area contributed by atoms with Crippen molar-refractivity contribution >= 4 is 28.7 Å². The number of nitrogens with zero attached hydrogens (tertiary/aromatic N) is 3. The molecule has 0 unspecified atom stereocenters. The second-order valence-corrected chi connectivity index (χ2v) is 6.50. The van der Waals surface area contributed by atoms with E-state index in [9.17, 15) is 14.9 Å². The maximum absolute atomic E-state index is 12.4. The van der Waals surface area contributed by atoms with Crippen LogP contribution in [0.3, 0.4) is 0 Å². The van der Waals surface area contributed by atoms with E-state index in [1.165, 1.54) is 35.8 Å². The van der Waals surface area contributed by atoms with Crippen molar-refractivity contribution in [3.63, 3.8) is 0 Å². The van der Waals surface area contributed by atoms with Crippen molar-refractivity contribution in [3.05, 3.63) is 63.3 Å². The number of hydrogen-bond donors (Lipinski definition) is 0. The molecule has 2 heterocycles. The number of nitro groups is 1. The molecule has 8 nitrogen and oxygen atoms in total. The third-order valence-corrected chi connectivity index (χ3v) is 4.39. The van der Waals surface area contributed by atoms with Crippen LogP contribution in [-0.2, 0) is 11.3 Å². The third-order valence-electron chi connectivity index (χ3n) is 3.53. The van der Waals surface area contributed by atoms with E-state index in [-0.39, 0.29) is 17.9 Å². The van der Waals surface area contributed by atoms with Crippen molar-refractivity contribution in [1.29, 1.82) is 0 Å². The molecular weight excluding hydrogens is 358 g/mol. The second-order valence-electron chi connectivity index (χ2n) is 5.55. The van der Waals surface area contributed by atoms with Gasteiger partial charge in [-0.15, -0.1) is 11.3 Å². The van der Waals surface area contributed by atoms with E-state index in [0.717, 1.165) is 4.88 Å². The molecule has 0 spiro atoms. The van der Waals surface area contributed by atoms with Gasteiger partial charge < -0.3 is 14.1 Å². The molecular formula is C17H15N3O5S. The zero-order valence-corrected chi connectivity index (χ0v) is 14.9. The van der Waals surface area contributed by atoms with Gasteiger partial charge in [-0.05, 0) is 17.5 Å². The highest BCUT2D eigenvalue weighted by molar-refractivity contribution is 7.13. The number of carbonyl (C=O) groups is 1. The Hall–Kier alpha value is -3.20. The first-order valence-electron chi connectivity index (χ1n) is 7.57. The molecule has 0 aliphatic rings. The largest absolute Gasteiger partial charge is 0.455 e. The summed E-state index contributed by atoms with van der Waals surface area (Å²) in [6.07, 6.45) is 1.42. The lowest BCUT2D eigenvalue weighted by Gasteiger charge is -2.16. The third kappa shape index (κ3) is 3.72. The van der Waals surface area contributed by atoms with Crippen LogP contribution in [0.4, 0.5) is 11.4 Å². The number of carbonyl (C=O) groups excluding carboxylic acids is 1. The van der Waals surface area contributed by atoms with E-state index < -0.39 is 10.9 Å². The van der Waals surface area contributed by atoms with E-state index in [4.69, 9.17) is 9.15 Å².